The Labute approximate surface area is 105 Å². The fourth-order valence-electron chi connectivity index (χ4n) is 2.36. The van der Waals surface area contributed by atoms with Gasteiger partial charge in [-0.2, -0.15) is 5.10 Å². The van der Waals surface area contributed by atoms with Gasteiger partial charge < -0.3 is 0 Å². The van der Waals surface area contributed by atoms with Gasteiger partial charge in [0.05, 0.1) is 11.4 Å². The van der Waals surface area contributed by atoms with E-state index in [1.165, 1.54) is 0 Å². The topological polar surface area (TPSA) is 43.6 Å². The van der Waals surface area contributed by atoms with Crippen LogP contribution >= 0.6 is 0 Å². The van der Waals surface area contributed by atoms with Crippen molar-refractivity contribution in [2.75, 3.05) is 0 Å². The lowest BCUT2D eigenvalue weighted by molar-refractivity contribution is 0.766. The first kappa shape index (κ1) is 10.9. The maximum atomic E-state index is 4.40. The average molecular weight is 238 g/mol. The minimum atomic E-state index is 0.838. The van der Waals surface area contributed by atoms with Crippen LogP contribution in [0.15, 0.2) is 30.3 Å². The van der Waals surface area contributed by atoms with E-state index in [4.69, 9.17) is 0 Å². The van der Waals surface area contributed by atoms with Crippen LogP contribution in [0.4, 0.5) is 0 Å². The summed E-state index contributed by atoms with van der Waals surface area (Å²) in [4.78, 5) is 0. The van der Waals surface area contributed by atoms with E-state index in [-0.39, 0.29) is 0 Å². The second-order valence-corrected chi connectivity index (χ2v) is 4.45. The molecule has 2 heterocycles. The van der Waals surface area contributed by atoms with Gasteiger partial charge in [-0.1, -0.05) is 30.3 Å². The van der Waals surface area contributed by atoms with Gasteiger partial charge in [-0.15, -0.1) is 10.2 Å². The van der Waals surface area contributed by atoms with Crippen LogP contribution in [0.2, 0.25) is 0 Å². The fourth-order valence-corrected chi connectivity index (χ4v) is 2.36. The zero-order valence-electron chi connectivity index (χ0n) is 10.7. The van der Waals surface area contributed by atoms with Gasteiger partial charge in [0.1, 0.15) is 0 Å². The minimum absolute atomic E-state index is 0.838. The maximum absolute atomic E-state index is 4.40. The quantitative estimate of drug-likeness (QED) is 0.654. The lowest BCUT2D eigenvalue weighted by Gasteiger charge is -2.05. The van der Waals surface area contributed by atoms with Gasteiger partial charge in [0, 0.05) is 18.0 Å². The molecule has 0 unspecified atom stereocenters. The third-order valence-corrected chi connectivity index (χ3v) is 3.21. The number of hydrogen-bond donors (Lipinski definition) is 0. The zero-order chi connectivity index (χ0) is 12.7. The summed E-state index contributed by atoms with van der Waals surface area (Å²) in [6.07, 6.45) is 0. The number of aryl methyl sites for hydroxylation is 3. The van der Waals surface area contributed by atoms with E-state index < -0.39 is 0 Å². The monoisotopic (exact) mass is 238 g/mol. The predicted molar refractivity (Wildman–Crippen MR) is 71.2 cm³/mol. The van der Waals surface area contributed by atoms with Crippen LogP contribution in [0.5, 0.6) is 0 Å². The molecule has 90 valence electrons. The van der Waals surface area contributed by atoms with Crippen molar-refractivity contribution in [1.82, 2.24) is 20.0 Å². The van der Waals surface area contributed by atoms with E-state index >= 15 is 0 Å². The molecule has 0 amide bonds. The van der Waals surface area contributed by atoms with Crippen LogP contribution < -0.4 is 0 Å². The van der Waals surface area contributed by atoms with E-state index in [1.54, 1.807) is 4.68 Å². The van der Waals surface area contributed by atoms with E-state index in [9.17, 15) is 0 Å². The van der Waals surface area contributed by atoms with Crippen LogP contribution in [0.25, 0.3) is 22.3 Å². The van der Waals surface area contributed by atoms with E-state index in [1.807, 2.05) is 32.2 Å². The summed E-state index contributed by atoms with van der Waals surface area (Å²) in [5.74, 6) is 0. The van der Waals surface area contributed by atoms with E-state index in [0.717, 1.165) is 33.5 Å². The Kier molecular flexibility index (Phi) is 2.37. The highest BCUT2D eigenvalue weighted by atomic mass is 15.3. The molecular weight excluding hydrogens is 224 g/mol. The summed E-state index contributed by atoms with van der Waals surface area (Å²) in [7, 11) is 1.89. The largest absolute Gasteiger partial charge is 0.249 e. The lowest BCUT2D eigenvalue weighted by atomic mass is 10.0. The molecule has 0 radical (unpaired) electrons. The van der Waals surface area contributed by atoms with Gasteiger partial charge in [-0.3, -0.25) is 0 Å². The fraction of sp³-hybridized carbons (Fsp3) is 0.214. The molecule has 3 rings (SSSR count). The van der Waals surface area contributed by atoms with Crippen molar-refractivity contribution in [3.63, 3.8) is 0 Å². The third kappa shape index (κ3) is 1.49. The third-order valence-electron chi connectivity index (χ3n) is 3.21. The molecule has 0 aliphatic rings. The van der Waals surface area contributed by atoms with E-state index in [2.05, 4.69) is 34.4 Å². The van der Waals surface area contributed by atoms with Gasteiger partial charge in [-0.05, 0) is 19.4 Å². The smallest absolute Gasteiger partial charge is 0.180 e. The van der Waals surface area contributed by atoms with Gasteiger partial charge in [0.25, 0.3) is 0 Å². The van der Waals surface area contributed by atoms with Crippen molar-refractivity contribution in [1.29, 1.82) is 0 Å². The molecule has 0 atom stereocenters. The molecule has 2 aromatic heterocycles. The number of benzene rings is 1. The number of nitrogens with zero attached hydrogens (tertiary/aromatic N) is 4. The van der Waals surface area contributed by atoms with Crippen LogP contribution in [-0.4, -0.2) is 20.0 Å². The van der Waals surface area contributed by atoms with Crippen molar-refractivity contribution in [3.05, 3.63) is 41.6 Å². The number of aromatic nitrogens is 4. The molecule has 1 aromatic carbocycles. The Morgan fingerprint density at radius 2 is 1.72 bits per heavy atom. The summed E-state index contributed by atoms with van der Waals surface area (Å²) in [6.45, 7) is 4.08. The highest BCUT2D eigenvalue weighted by Crippen LogP contribution is 2.27. The molecule has 0 aliphatic heterocycles. The molecule has 3 aromatic rings. The highest BCUT2D eigenvalue weighted by molar-refractivity contribution is 5.86. The highest BCUT2D eigenvalue weighted by Gasteiger charge is 2.14. The zero-order valence-corrected chi connectivity index (χ0v) is 10.7. The number of hydrogen-bond acceptors (Lipinski definition) is 3. The van der Waals surface area contributed by atoms with Crippen LogP contribution in [0, 0.1) is 13.8 Å². The summed E-state index contributed by atoms with van der Waals surface area (Å²) < 4.78 is 1.78. The average Bonchev–Trinajstić information content (AvgIpc) is 2.67. The Morgan fingerprint density at radius 3 is 2.44 bits per heavy atom. The molecule has 0 aliphatic carbocycles. The molecule has 0 saturated heterocycles. The first-order chi connectivity index (χ1) is 8.68. The molecule has 0 fully saturated rings. The van der Waals surface area contributed by atoms with Crippen molar-refractivity contribution in [2.24, 2.45) is 7.05 Å². The molecule has 18 heavy (non-hydrogen) atoms. The Hall–Kier alpha value is -2.23. The van der Waals surface area contributed by atoms with Crippen LogP contribution in [0.1, 0.15) is 11.3 Å². The van der Waals surface area contributed by atoms with Crippen molar-refractivity contribution in [3.8, 4) is 11.3 Å². The molecule has 0 saturated carbocycles. The first-order valence-corrected chi connectivity index (χ1v) is 5.90. The molecule has 0 N–H and O–H groups in total. The number of rotatable bonds is 1. The van der Waals surface area contributed by atoms with Gasteiger partial charge in [0.15, 0.2) is 5.65 Å². The Balaban J connectivity index is 2.33. The summed E-state index contributed by atoms with van der Waals surface area (Å²) in [5.41, 5.74) is 4.99. The predicted octanol–water partition coefficient (Wildman–Crippen LogP) is 2.65. The van der Waals surface area contributed by atoms with Gasteiger partial charge >= 0.3 is 0 Å². The van der Waals surface area contributed by atoms with E-state index in [0.29, 0.717) is 0 Å². The van der Waals surface area contributed by atoms with Crippen molar-refractivity contribution < 1.29 is 0 Å². The SMILES string of the molecule is Cc1nn(C)c2nnc(-c3ccccc3)c(C)c12. The molecule has 4 heteroatoms. The number of fused-ring (bicyclic) bond motifs is 1. The second kappa shape index (κ2) is 3.91. The van der Waals surface area contributed by atoms with Crippen molar-refractivity contribution in [2.45, 2.75) is 13.8 Å². The normalized spacial score (nSPS) is 11.1. The van der Waals surface area contributed by atoms with Gasteiger partial charge in [0.2, 0.25) is 0 Å². The second-order valence-electron chi connectivity index (χ2n) is 4.45. The molecule has 0 spiro atoms. The minimum Gasteiger partial charge on any atom is -0.249 e. The Bertz CT molecular complexity index is 713. The Morgan fingerprint density at radius 1 is 1.00 bits per heavy atom. The molecular formula is C14H14N4. The molecule has 4 nitrogen and oxygen atoms in total. The summed E-state index contributed by atoms with van der Waals surface area (Å²) in [6, 6.07) is 10.1. The van der Waals surface area contributed by atoms with Gasteiger partial charge in [-0.25, -0.2) is 4.68 Å². The van der Waals surface area contributed by atoms with Crippen LogP contribution in [-0.2, 0) is 7.05 Å². The van der Waals surface area contributed by atoms with Crippen LogP contribution in [0.3, 0.4) is 0 Å². The first-order valence-electron chi connectivity index (χ1n) is 5.90. The standard InChI is InChI=1S/C14H14N4/c1-9-12-10(2)17-18(3)14(12)16-15-13(9)11-7-5-4-6-8-11/h4-8H,1-3H3. The summed E-state index contributed by atoms with van der Waals surface area (Å²) in [5, 5.41) is 14.1. The summed E-state index contributed by atoms with van der Waals surface area (Å²) >= 11 is 0. The maximum Gasteiger partial charge on any atom is 0.180 e. The molecule has 0 bridgehead atoms. The van der Waals surface area contributed by atoms with Crippen molar-refractivity contribution >= 4 is 11.0 Å². The lowest BCUT2D eigenvalue weighted by Crippen LogP contribution is -1.97.